The highest BCUT2D eigenvalue weighted by atomic mass is 19.1. The fraction of sp³-hybridized carbons (Fsp3) is 0.367. The molecule has 0 radical (unpaired) electrons. The number of aliphatic hydroxyl groups excluding tert-OH is 1. The molecule has 0 unspecified atom stereocenters. The Morgan fingerprint density at radius 2 is 1.84 bits per heavy atom. The molecule has 0 saturated heterocycles. The lowest BCUT2D eigenvalue weighted by Crippen LogP contribution is -2.47. The van der Waals surface area contributed by atoms with Crippen LogP contribution in [0, 0.1) is 11.6 Å². The summed E-state index contributed by atoms with van der Waals surface area (Å²) in [4.78, 5) is 6.00. The van der Waals surface area contributed by atoms with E-state index in [9.17, 15) is 4.39 Å². The molecule has 1 aliphatic carbocycles. The fourth-order valence-electron chi connectivity index (χ4n) is 5.55. The molecule has 1 N–H and O–H groups in total. The number of halogens is 3. The minimum Gasteiger partial charge on any atom is -0.489 e. The molecule has 0 bridgehead atoms. The van der Waals surface area contributed by atoms with Gasteiger partial charge < -0.3 is 9.84 Å². The van der Waals surface area contributed by atoms with Crippen molar-refractivity contribution in [1.82, 2.24) is 9.88 Å². The first-order chi connectivity index (χ1) is 17.6. The van der Waals surface area contributed by atoms with E-state index in [1.807, 2.05) is 30.0 Å². The summed E-state index contributed by atoms with van der Waals surface area (Å²) in [6, 6.07) is 13.0. The van der Waals surface area contributed by atoms with Crippen molar-refractivity contribution < 1.29 is 23.0 Å². The van der Waals surface area contributed by atoms with E-state index >= 15 is 8.78 Å². The Morgan fingerprint density at radius 1 is 1.11 bits per heavy atom. The molecule has 0 amide bonds. The Kier molecular flexibility index (Phi) is 6.86. The molecule has 7 heteroatoms. The summed E-state index contributed by atoms with van der Waals surface area (Å²) in [6.07, 6.45) is 2.84. The average Bonchev–Trinajstić information content (AvgIpc) is 3.21. The van der Waals surface area contributed by atoms with Gasteiger partial charge in [-0.25, -0.2) is 13.2 Å². The number of hydrogen-bond acceptors (Lipinski definition) is 4. The third-order valence-corrected chi connectivity index (χ3v) is 7.18. The number of aromatic nitrogens is 1. The largest absolute Gasteiger partial charge is 0.489 e. The van der Waals surface area contributed by atoms with Crippen LogP contribution in [-0.4, -0.2) is 33.2 Å². The maximum Gasteiger partial charge on any atom is 0.134 e. The normalized spacial score (nSPS) is 19.6. The van der Waals surface area contributed by atoms with Crippen LogP contribution in [0.2, 0.25) is 0 Å². The van der Waals surface area contributed by atoms with Gasteiger partial charge in [-0.05, 0) is 62.0 Å². The topological polar surface area (TPSA) is 45.6 Å². The molecule has 2 aromatic carbocycles. The second-order valence-electron chi connectivity index (χ2n) is 10.6. The number of aliphatic hydroxyl groups is 1. The highest BCUT2D eigenvalue weighted by Crippen LogP contribution is 2.50. The van der Waals surface area contributed by atoms with Crippen molar-refractivity contribution in [2.75, 3.05) is 6.54 Å². The van der Waals surface area contributed by atoms with E-state index in [2.05, 4.69) is 11.1 Å². The van der Waals surface area contributed by atoms with Crippen molar-refractivity contribution in [3.05, 3.63) is 99.9 Å². The Bertz CT molecular complexity index is 1310. The van der Waals surface area contributed by atoms with E-state index in [0.717, 1.165) is 22.3 Å². The number of hydrogen-bond donors (Lipinski definition) is 1. The standard InChI is InChI=1S/C30H31F3N2O2/c1-18-10-24-23-7-5-4-6-20(23)11-25(24)29(35(18)17-30(2,3)33)28-26(31)12-22(13-27(28)32)37-16-19-8-9-21(15-36)34-14-19/h4-9,12-14,18,29,36H,10-11,15-17H2,1-3H3/t18-,29+/m1/s1. The molecular formula is C30H31F3N2O2. The Morgan fingerprint density at radius 3 is 2.49 bits per heavy atom. The Labute approximate surface area is 215 Å². The quantitative estimate of drug-likeness (QED) is 0.406. The van der Waals surface area contributed by atoms with Gasteiger partial charge in [0, 0.05) is 42.0 Å². The summed E-state index contributed by atoms with van der Waals surface area (Å²) >= 11 is 0. The van der Waals surface area contributed by atoms with E-state index < -0.39 is 23.3 Å². The van der Waals surface area contributed by atoms with E-state index in [0.29, 0.717) is 24.1 Å². The molecule has 4 nitrogen and oxygen atoms in total. The molecule has 0 spiro atoms. The zero-order valence-corrected chi connectivity index (χ0v) is 21.3. The molecule has 1 aliphatic heterocycles. The van der Waals surface area contributed by atoms with E-state index in [1.165, 1.54) is 26.0 Å². The van der Waals surface area contributed by atoms with Crippen LogP contribution in [0.4, 0.5) is 13.2 Å². The SMILES string of the molecule is C[C@@H]1CC2=C(Cc3ccccc32)[C@@H](c2c(F)cc(OCc3ccc(CO)nc3)cc2F)N1CC(C)(C)F. The van der Waals surface area contributed by atoms with Gasteiger partial charge in [-0.1, -0.05) is 30.3 Å². The molecule has 3 aromatic rings. The molecule has 2 atom stereocenters. The lowest BCUT2D eigenvalue weighted by Gasteiger charge is -2.44. The highest BCUT2D eigenvalue weighted by molar-refractivity contribution is 5.79. The predicted molar refractivity (Wildman–Crippen MR) is 137 cm³/mol. The summed E-state index contributed by atoms with van der Waals surface area (Å²) in [7, 11) is 0. The van der Waals surface area contributed by atoms with Crippen molar-refractivity contribution in [2.45, 2.75) is 64.6 Å². The van der Waals surface area contributed by atoms with E-state index in [1.54, 1.807) is 18.3 Å². The molecular weight excluding hydrogens is 477 g/mol. The summed E-state index contributed by atoms with van der Waals surface area (Å²) in [5.74, 6) is -1.37. The molecule has 37 heavy (non-hydrogen) atoms. The molecule has 0 saturated carbocycles. The highest BCUT2D eigenvalue weighted by Gasteiger charge is 2.42. The van der Waals surface area contributed by atoms with Crippen LogP contribution in [0.15, 0.2) is 60.3 Å². The molecule has 1 aromatic heterocycles. The summed E-state index contributed by atoms with van der Waals surface area (Å²) < 4.78 is 52.1. The van der Waals surface area contributed by atoms with E-state index in [4.69, 9.17) is 9.84 Å². The molecule has 2 aliphatic rings. The van der Waals surface area contributed by atoms with Gasteiger partial charge in [-0.2, -0.15) is 0 Å². The maximum atomic E-state index is 15.7. The smallest absolute Gasteiger partial charge is 0.134 e. The van der Waals surface area contributed by atoms with Crippen LogP contribution in [-0.2, 0) is 19.6 Å². The van der Waals surface area contributed by atoms with Gasteiger partial charge in [0.05, 0.1) is 18.3 Å². The van der Waals surface area contributed by atoms with Crippen LogP contribution in [0.3, 0.4) is 0 Å². The van der Waals surface area contributed by atoms with Gasteiger partial charge in [0.2, 0.25) is 0 Å². The second-order valence-corrected chi connectivity index (χ2v) is 10.6. The zero-order valence-electron chi connectivity index (χ0n) is 21.3. The third kappa shape index (κ3) is 5.15. The maximum absolute atomic E-state index is 15.7. The Hall–Kier alpha value is -3.16. The first kappa shape index (κ1) is 25.5. The minimum atomic E-state index is -1.54. The number of fused-ring (bicyclic) bond motifs is 2. The van der Waals surface area contributed by atoms with Crippen LogP contribution in [0.5, 0.6) is 5.75 Å². The first-order valence-corrected chi connectivity index (χ1v) is 12.6. The lowest BCUT2D eigenvalue weighted by molar-refractivity contribution is 0.0676. The van der Waals surface area contributed by atoms with Gasteiger partial charge in [0.15, 0.2) is 0 Å². The van der Waals surface area contributed by atoms with Gasteiger partial charge in [-0.3, -0.25) is 9.88 Å². The van der Waals surface area contributed by atoms with Crippen molar-refractivity contribution in [3.63, 3.8) is 0 Å². The molecule has 194 valence electrons. The van der Waals surface area contributed by atoms with Crippen molar-refractivity contribution in [1.29, 1.82) is 0 Å². The van der Waals surface area contributed by atoms with Crippen molar-refractivity contribution in [2.24, 2.45) is 0 Å². The number of alkyl halides is 1. The minimum absolute atomic E-state index is 0.0555. The van der Waals surface area contributed by atoms with E-state index in [-0.39, 0.29) is 37.1 Å². The fourth-order valence-corrected chi connectivity index (χ4v) is 5.55. The van der Waals surface area contributed by atoms with Crippen LogP contribution < -0.4 is 4.74 Å². The average molecular weight is 509 g/mol. The molecule has 2 heterocycles. The van der Waals surface area contributed by atoms with Crippen LogP contribution >= 0.6 is 0 Å². The summed E-state index contributed by atoms with van der Waals surface area (Å²) in [5, 5.41) is 9.13. The second kappa shape index (κ2) is 9.95. The summed E-state index contributed by atoms with van der Waals surface area (Å²) in [5.41, 5.74) is 3.92. The van der Waals surface area contributed by atoms with Gasteiger partial charge >= 0.3 is 0 Å². The van der Waals surface area contributed by atoms with Crippen molar-refractivity contribution in [3.8, 4) is 5.75 Å². The molecule has 0 fully saturated rings. The number of rotatable bonds is 7. The van der Waals surface area contributed by atoms with Crippen molar-refractivity contribution >= 4 is 5.57 Å². The van der Waals surface area contributed by atoms with Crippen LogP contribution in [0.25, 0.3) is 5.57 Å². The predicted octanol–water partition coefficient (Wildman–Crippen LogP) is 6.32. The summed E-state index contributed by atoms with van der Waals surface area (Å²) in [6.45, 7) is 4.95. The van der Waals surface area contributed by atoms with Gasteiger partial charge in [0.25, 0.3) is 0 Å². The number of nitrogens with zero attached hydrogens (tertiary/aromatic N) is 2. The third-order valence-electron chi connectivity index (χ3n) is 7.18. The lowest BCUT2D eigenvalue weighted by atomic mass is 9.84. The number of pyridine rings is 1. The molecule has 5 rings (SSSR count). The monoisotopic (exact) mass is 508 g/mol. The number of benzene rings is 2. The number of ether oxygens (including phenoxy) is 1. The first-order valence-electron chi connectivity index (χ1n) is 12.6. The van der Waals surface area contributed by atoms with Crippen LogP contribution in [0.1, 0.15) is 61.2 Å². The van der Waals surface area contributed by atoms with Gasteiger partial charge in [-0.15, -0.1) is 0 Å². The Balaban J connectivity index is 1.50. The van der Waals surface area contributed by atoms with Gasteiger partial charge in [0.1, 0.15) is 29.7 Å². The zero-order chi connectivity index (χ0) is 26.3.